The van der Waals surface area contributed by atoms with E-state index in [2.05, 4.69) is 36.2 Å². The molecule has 2 heterocycles. The van der Waals surface area contributed by atoms with Crippen LogP contribution in [0.4, 0.5) is 16.1 Å². The standard InChI is InChI=1S/C9H10N8O4S/c18-5(11-8-13-15-16-14-8)2-1-3-6(19)12-9-10-4-7(22-9)17(20)21/h4H,1-3H2,(H,10,12,19)(H2,11,13,14,15,16,18). The lowest BCUT2D eigenvalue weighted by Gasteiger charge is -2.01. The number of carbonyl (C=O) groups is 2. The minimum Gasteiger partial charge on any atom is -0.302 e. The lowest BCUT2D eigenvalue weighted by Crippen LogP contribution is -2.15. The molecule has 0 unspecified atom stereocenters. The van der Waals surface area contributed by atoms with Crippen LogP contribution in [0.25, 0.3) is 0 Å². The fourth-order valence-corrected chi connectivity index (χ4v) is 2.05. The molecule has 0 fully saturated rings. The van der Waals surface area contributed by atoms with Crippen LogP contribution in [0.5, 0.6) is 0 Å². The van der Waals surface area contributed by atoms with Gasteiger partial charge in [-0.05, 0) is 23.0 Å². The van der Waals surface area contributed by atoms with Gasteiger partial charge in [0.2, 0.25) is 11.8 Å². The third-order valence-corrected chi connectivity index (χ3v) is 3.19. The summed E-state index contributed by atoms with van der Waals surface area (Å²) in [5.74, 6) is -0.666. The summed E-state index contributed by atoms with van der Waals surface area (Å²) in [6.45, 7) is 0. The Morgan fingerprint density at radius 1 is 1.32 bits per heavy atom. The number of nitrogens with one attached hydrogen (secondary N) is 3. The minimum atomic E-state index is -0.588. The first-order chi connectivity index (χ1) is 10.5. The Balaban J connectivity index is 1.69. The highest BCUT2D eigenvalue weighted by Crippen LogP contribution is 2.24. The zero-order valence-corrected chi connectivity index (χ0v) is 11.8. The fourth-order valence-electron chi connectivity index (χ4n) is 1.40. The summed E-state index contributed by atoms with van der Waals surface area (Å²) in [4.78, 5) is 36.7. The molecular formula is C9H10N8O4S. The number of anilines is 2. The number of H-pyrrole nitrogens is 1. The molecule has 2 aromatic rings. The fraction of sp³-hybridized carbons (Fsp3) is 0.333. The predicted octanol–water partition coefficient (Wildman–Crippen LogP) is 0.312. The number of carbonyl (C=O) groups excluding carboxylic acids is 2. The molecule has 0 aliphatic heterocycles. The van der Waals surface area contributed by atoms with Gasteiger partial charge in [0.15, 0.2) is 5.13 Å². The Morgan fingerprint density at radius 3 is 2.64 bits per heavy atom. The largest absolute Gasteiger partial charge is 0.345 e. The number of aromatic amines is 1. The van der Waals surface area contributed by atoms with Gasteiger partial charge in [0.05, 0.1) is 4.92 Å². The monoisotopic (exact) mass is 326 g/mol. The van der Waals surface area contributed by atoms with Crippen LogP contribution in [-0.2, 0) is 9.59 Å². The number of amides is 2. The Bertz CT molecular complexity index is 669. The second kappa shape index (κ2) is 7.16. The van der Waals surface area contributed by atoms with Crippen molar-refractivity contribution in [2.75, 3.05) is 10.6 Å². The van der Waals surface area contributed by atoms with Crippen LogP contribution in [0, 0.1) is 10.1 Å². The van der Waals surface area contributed by atoms with Crippen molar-refractivity contribution in [1.82, 2.24) is 25.6 Å². The number of hydrogen-bond acceptors (Lipinski definition) is 9. The van der Waals surface area contributed by atoms with E-state index in [-0.39, 0.29) is 40.7 Å². The SMILES string of the molecule is O=C(CCCC(=O)Nc1ncc([N+](=O)[O-])s1)Nc1nn[nH]n1. The molecule has 13 heteroatoms. The first-order valence-corrected chi connectivity index (χ1v) is 6.79. The van der Waals surface area contributed by atoms with Gasteiger partial charge in [-0.3, -0.25) is 25.0 Å². The summed E-state index contributed by atoms with van der Waals surface area (Å²) in [5.41, 5.74) is 0. The van der Waals surface area contributed by atoms with Gasteiger partial charge in [-0.15, -0.1) is 5.10 Å². The van der Waals surface area contributed by atoms with Crippen molar-refractivity contribution in [1.29, 1.82) is 0 Å². The maximum atomic E-state index is 11.6. The second-order valence-electron chi connectivity index (χ2n) is 3.95. The molecule has 0 atom stereocenters. The number of thiazole rings is 1. The smallest absolute Gasteiger partial charge is 0.302 e. The Hall–Kier alpha value is -2.96. The summed E-state index contributed by atoms with van der Waals surface area (Å²) >= 11 is 0.763. The van der Waals surface area contributed by atoms with E-state index in [9.17, 15) is 19.7 Å². The van der Waals surface area contributed by atoms with Crippen molar-refractivity contribution < 1.29 is 14.5 Å². The number of tetrazole rings is 1. The maximum absolute atomic E-state index is 11.6. The van der Waals surface area contributed by atoms with Crippen LogP contribution < -0.4 is 10.6 Å². The first kappa shape index (κ1) is 15.4. The molecule has 0 aliphatic rings. The Kier molecular flexibility index (Phi) is 5.02. The average Bonchev–Trinajstić information content (AvgIpc) is 3.10. The van der Waals surface area contributed by atoms with E-state index in [1.165, 1.54) is 0 Å². The van der Waals surface area contributed by atoms with E-state index in [1.54, 1.807) is 0 Å². The third kappa shape index (κ3) is 4.55. The minimum absolute atomic E-state index is 0.0598. The van der Waals surface area contributed by atoms with Crippen molar-refractivity contribution in [2.24, 2.45) is 0 Å². The van der Waals surface area contributed by atoms with E-state index >= 15 is 0 Å². The second-order valence-corrected chi connectivity index (χ2v) is 4.96. The molecule has 0 radical (unpaired) electrons. The highest BCUT2D eigenvalue weighted by Gasteiger charge is 2.13. The van der Waals surface area contributed by atoms with Crippen LogP contribution in [-0.4, -0.2) is 42.3 Å². The molecular weight excluding hydrogens is 316 g/mol. The van der Waals surface area contributed by atoms with Gasteiger partial charge in [-0.1, -0.05) is 5.10 Å². The van der Waals surface area contributed by atoms with Gasteiger partial charge in [0.1, 0.15) is 6.20 Å². The van der Waals surface area contributed by atoms with Gasteiger partial charge < -0.3 is 5.32 Å². The molecule has 0 spiro atoms. The van der Waals surface area contributed by atoms with E-state index in [1.807, 2.05) is 0 Å². The molecule has 116 valence electrons. The Labute approximate surface area is 126 Å². The number of rotatable bonds is 7. The predicted molar refractivity (Wildman–Crippen MR) is 74.1 cm³/mol. The average molecular weight is 326 g/mol. The molecule has 2 amide bonds. The summed E-state index contributed by atoms with van der Waals surface area (Å²) in [7, 11) is 0. The third-order valence-electron chi connectivity index (χ3n) is 2.32. The highest BCUT2D eigenvalue weighted by atomic mass is 32.1. The van der Waals surface area contributed by atoms with E-state index < -0.39 is 4.92 Å². The molecule has 3 N–H and O–H groups in total. The maximum Gasteiger partial charge on any atom is 0.345 e. The van der Waals surface area contributed by atoms with Gasteiger partial charge in [-0.25, -0.2) is 4.98 Å². The molecule has 2 rings (SSSR count). The number of hydrogen-bond donors (Lipinski definition) is 3. The summed E-state index contributed by atoms with van der Waals surface area (Å²) in [6, 6.07) is 0. The lowest BCUT2D eigenvalue weighted by atomic mass is 10.2. The molecule has 0 aliphatic carbocycles. The number of aromatic nitrogens is 5. The summed E-state index contributed by atoms with van der Waals surface area (Å²) in [6.07, 6.45) is 1.54. The van der Waals surface area contributed by atoms with Gasteiger partial charge in [0.25, 0.3) is 5.95 Å². The molecule has 0 saturated carbocycles. The van der Waals surface area contributed by atoms with Gasteiger partial charge >= 0.3 is 5.00 Å². The highest BCUT2D eigenvalue weighted by molar-refractivity contribution is 7.18. The zero-order chi connectivity index (χ0) is 15.9. The van der Waals surface area contributed by atoms with Crippen molar-refractivity contribution in [3.8, 4) is 0 Å². The molecule has 2 aromatic heterocycles. The van der Waals surface area contributed by atoms with Crippen LogP contribution in [0.1, 0.15) is 19.3 Å². The normalized spacial score (nSPS) is 10.2. The van der Waals surface area contributed by atoms with Crippen LogP contribution >= 0.6 is 11.3 Å². The molecule has 0 aromatic carbocycles. The summed E-state index contributed by atoms with van der Waals surface area (Å²) in [5, 5.41) is 27.8. The van der Waals surface area contributed by atoms with Crippen LogP contribution in [0.2, 0.25) is 0 Å². The van der Waals surface area contributed by atoms with Crippen LogP contribution in [0.15, 0.2) is 6.20 Å². The lowest BCUT2D eigenvalue weighted by molar-refractivity contribution is -0.380. The van der Waals surface area contributed by atoms with E-state index in [0.717, 1.165) is 17.5 Å². The zero-order valence-electron chi connectivity index (χ0n) is 11.0. The van der Waals surface area contributed by atoms with Gasteiger partial charge in [-0.2, -0.15) is 5.21 Å². The Morgan fingerprint density at radius 2 is 2.05 bits per heavy atom. The molecule has 0 saturated heterocycles. The van der Waals surface area contributed by atoms with E-state index in [4.69, 9.17) is 0 Å². The topological polar surface area (TPSA) is 169 Å². The van der Waals surface area contributed by atoms with Crippen LogP contribution in [0.3, 0.4) is 0 Å². The van der Waals surface area contributed by atoms with Crippen molar-refractivity contribution in [3.05, 3.63) is 16.3 Å². The van der Waals surface area contributed by atoms with Crippen molar-refractivity contribution in [2.45, 2.75) is 19.3 Å². The number of nitrogens with zero attached hydrogens (tertiary/aromatic N) is 5. The quantitative estimate of drug-likeness (QED) is 0.482. The molecule has 12 nitrogen and oxygen atoms in total. The van der Waals surface area contributed by atoms with Crippen molar-refractivity contribution >= 4 is 39.2 Å². The summed E-state index contributed by atoms with van der Waals surface area (Å²) < 4.78 is 0. The van der Waals surface area contributed by atoms with Crippen molar-refractivity contribution in [3.63, 3.8) is 0 Å². The van der Waals surface area contributed by atoms with Gasteiger partial charge in [0, 0.05) is 12.8 Å². The van der Waals surface area contributed by atoms with E-state index in [0.29, 0.717) is 6.42 Å². The number of nitro groups is 1. The first-order valence-electron chi connectivity index (χ1n) is 5.98. The molecule has 0 bridgehead atoms. The molecule has 22 heavy (non-hydrogen) atoms.